The van der Waals surface area contributed by atoms with Gasteiger partial charge in [-0.05, 0) is 35.4 Å². The predicted octanol–water partition coefficient (Wildman–Crippen LogP) is 5.36. The van der Waals surface area contributed by atoms with Crippen molar-refractivity contribution in [1.29, 1.82) is 0 Å². The van der Waals surface area contributed by atoms with E-state index in [1.54, 1.807) is 0 Å². The van der Waals surface area contributed by atoms with Crippen LogP contribution in [0.2, 0.25) is 5.02 Å². The van der Waals surface area contributed by atoms with Gasteiger partial charge in [0.05, 0.1) is 5.38 Å². The van der Waals surface area contributed by atoms with Gasteiger partial charge in [0.1, 0.15) is 0 Å². The maximum absolute atomic E-state index is 13.2. The molecule has 2 rings (SSSR count). The maximum Gasteiger partial charge on any atom is 0.194 e. The Hall–Kier alpha value is -1.33. The lowest BCUT2D eigenvalue weighted by Gasteiger charge is -2.13. The monoisotopic (exact) mass is 326 g/mol. The average molecular weight is 327 g/mol. The topological polar surface area (TPSA) is 0 Å². The zero-order valence-electron chi connectivity index (χ0n) is 9.53. The van der Waals surface area contributed by atoms with Crippen molar-refractivity contribution in [2.75, 3.05) is 0 Å². The van der Waals surface area contributed by atoms with Crippen LogP contribution in [-0.4, -0.2) is 0 Å². The number of rotatable bonds is 2. The fourth-order valence-corrected chi connectivity index (χ4v) is 2.26. The van der Waals surface area contributed by atoms with Crippen LogP contribution >= 0.6 is 23.2 Å². The minimum Gasteiger partial charge on any atom is -0.204 e. The Bertz CT molecular complexity index is 649. The molecule has 1 unspecified atom stereocenters. The van der Waals surface area contributed by atoms with Crippen LogP contribution in [0.3, 0.4) is 0 Å². The van der Waals surface area contributed by atoms with E-state index in [-0.39, 0.29) is 16.1 Å². The molecule has 0 aromatic heterocycles. The van der Waals surface area contributed by atoms with Gasteiger partial charge in [0, 0.05) is 5.02 Å². The molecule has 0 amide bonds. The third-order valence-electron chi connectivity index (χ3n) is 2.61. The molecule has 0 bridgehead atoms. The van der Waals surface area contributed by atoms with Gasteiger partial charge < -0.3 is 0 Å². The Morgan fingerprint density at radius 2 is 1.25 bits per heavy atom. The van der Waals surface area contributed by atoms with E-state index in [1.807, 2.05) is 0 Å². The highest BCUT2D eigenvalue weighted by atomic mass is 35.5. The first-order valence-corrected chi connectivity index (χ1v) is 6.05. The van der Waals surface area contributed by atoms with Crippen molar-refractivity contribution >= 4 is 23.2 Å². The van der Waals surface area contributed by atoms with Gasteiger partial charge in [-0.3, -0.25) is 0 Å². The summed E-state index contributed by atoms with van der Waals surface area (Å²) < 4.78 is 65.2. The fraction of sp³-hybridized carbons (Fsp3) is 0.0769. The second-order valence-corrected chi connectivity index (χ2v) is 4.79. The Morgan fingerprint density at radius 3 is 1.80 bits per heavy atom. The summed E-state index contributed by atoms with van der Waals surface area (Å²) in [5.74, 6) is -6.92. The Morgan fingerprint density at radius 1 is 0.750 bits per heavy atom. The molecule has 0 saturated heterocycles. The molecule has 1 atom stereocenters. The molecule has 0 spiro atoms. The average Bonchev–Trinajstić information content (AvgIpc) is 2.38. The zero-order valence-corrected chi connectivity index (χ0v) is 11.0. The Labute approximate surface area is 120 Å². The second-order valence-electron chi connectivity index (χ2n) is 3.95. The van der Waals surface area contributed by atoms with Gasteiger partial charge in [0.25, 0.3) is 0 Å². The third kappa shape index (κ3) is 2.74. The van der Waals surface area contributed by atoms with E-state index in [9.17, 15) is 22.0 Å². The van der Waals surface area contributed by atoms with Crippen LogP contribution in [0.15, 0.2) is 24.3 Å². The minimum atomic E-state index is -1.64. The van der Waals surface area contributed by atoms with Gasteiger partial charge >= 0.3 is 0 Å². The molecule has 0 nitrogen and oxygen atoms in total. The third-order valence-corrected chi connectivity index (χ3v) is 3.43. The maximum atomic E-state index is 13.2. The minimum absolute atomic E-state index is 0.0855. The number of benzene rings is 2. The molecule has 0 aliphatic heterocycles. The summed E-state index contributed by atoms with van der Waals surface area (Å²) in [6, 6.07) is 2.73. The molecule has 0 aliphatic rings. The molecule has 0 saturated carbocycles. The molecule has 7 heteroatoms. The van der Waals surface area contributed by atoms with Gasteiger partial charge in [0.15, 0.2) is 29.1 Å². The van der Waals surface area contributed by atoms with Crippen LogP contribution in [0.1, 0.15) is 16.5 Å². The van der Waals surface area contributed by atoms with Crippen molar-refractivity contribution in [3.63, 3.8) is 0 Å². The molecule has 0 aliphatic carbocycles. The highest BCUT2D eigenvalue weighted by Gasteiger charge is 2.21. The van der Waals surface area contributed by atoms with E-state index in [4.69, 9.17) is 23.2 Å². The lowest BCUT2D eigenvalue weighted by Crippen LogP contribution is -2.01. The van der Waals surface area contributed by atoms with Crippen molar-refractivity contribution in [3.05, 3.63) is 69.5 Å². The van der Waals surface area contributed by atoms with Gasteiger partial charge in [-0.2, -0.15) is 0 Å². The van der Waals surface area contributed by atoms with Gasteiger partial charge in [0.2, 0.25) is 0 Å². The normalized spacial score (nSPS) is 12.6. The first-order valence-electron chi connectivity index (χ1n) is 5.24. The van der Waals surface area contributed by atoms with Crippen LogP contribution in [0.4, 0.5) is 22.0 Å². The largest absolute Gasteiger partial charge is 0.204 e. The molecule has 2 aromatic rings. The molecule has 20 heavy (non-hydrogen) atoms. The van der Waals surface area contributed by atoms with Crippen LogP contribution in [0.5, 0.6) is 0 Å². The smallest absolute Gasteiger partial charge is 0.194 e. The predicted molar refractivity (Wildman–Crippen MR) is 65.4 cm³/mol. The SMILES string of the molecule is Fc1cc(Cl)c(C(Cl)c2cc(F)c(F)c(F)c2)cc1F. The van der Waals surface area contributed by atoms with Gasteiger partial charge in [-0.25, -0.2) is 22.0 Å². The van der Waals surface area contributed by atoms with Crippen molar-refractivity contribution < 1.29 is 22.0 Å². The molecule has 0 fully saturated rings. The molecule has 0 N–H and O–H groups in total. The summed E-state index contributed by atoms with van der Waals surface area (Å²) in [5.41, 5.74) is -0.256. The molecular formula is C13H5Cl2F5. The quantitative estimate of drug-likeness (QED) is 0.301. The van der Waals surface area contributed by atoms with Crippen molar-refractivity contribution in [1.82, 2.24) is 0 Å². The first-order chi connectivity index (χ1) is 9.31. The lowest BCUT2D eigenvalue weighted by molar-refractivity contribution is 0.445. The van der Waals surface area contributed by atoms with E-state index in [2.05, 4.69) is 0 Å². The standard InChI is InChI=1S/C13H5Cl2F5/c14-7-4-9(17)8(16)3-6(7)12(15)5-1-10(18)13(20)11(19)2-5/h1-4,12H. The lowest BCUT2D eigenvalue weighted by atomic mass is 10.0. The Kier molecular flexibility index (Phi) is 4.20. The van der Waals surface area contributed by atoms with Gasteiger partial charge in [-0.1, -0.05) is 11.6 Å². The number of hydrogen-bond donors (Lipinski definition) is 0. The number of alkyl halides is 1. The zero-order chi connectivity index (χ0) is 15.0. The second kappa shape index (κ2) is 5.58. The number of halogens is 7. The summed E-state index contributed by atoms with van der Waals surface area (Å²) in [4.78, 5) is 0. The van der Waals surface area contributed by atoms with Crippen LogP contribution in [-0.2, 0) is 0 Å². The van der Waals surface area contributed by atoms with E-state index in [0.29, 0.717) is 24.3 Å². The van der Waals surface area contributed by atoms with Crippen molar-refractivity contribution in [2.45, 2.75) is 5.38 Å². The van der Waals surface area contributed by atoms with Crippen LogP contribution < -0.4 is 0 Å². The molecular weight excluding hydrogens is 322 g/mol. The van der Waals surface area contributed by atoms with E-state index >= 15 is 0 Å². The summed E-state index contributed by atoms with van der Waals surface area (Å²) >= 11 is 11.6. The van der Waals surface area contributed by atoms with Crippen molar-refractivity contribution in [3.8, 4) is 0 Å². The van der Waals surface area contributed by atoms with E-state index in [0.717, 1.165) is 0 Å². The summed E-state index contributed by atoms with van der Waals surface area (Å²) in [5, 5.41) is -1.48. The highest BCUT2D eigenvalue weighted by molar-refractivity contribution is 6.33. The number of hydrogen-bond acceptors (Lipinski definition) is 0. The molecule has 2 aromatic carbocycles. The van der Waals surface area contributed by atoms with E-state index < -0.39 is 34.5 Å². The molecule has 106 valence electrons. The Balaban J connectivity index is 2.51. The first kappa shape index (κ1) is 15.1. The molecule has 0 radical (unpaired) electrons. The summed E-state index contributed by atoms with van der Waals surface area (Å²) in [7, 11) is 0. The van der Waals surface area contributed by atoms with Gasteiger partial charge in [-0.15, -0.1) is 11.6 Å². The van der Waals surface area contributed by atoms with Crippen LogP contribution in [0.25, 0.3) is 0 Å². The van der Waals surface area contributed by atoms with Crippen molar-refractivity contribution in [2.24, 2.45) is 0 Å². The van der Waals surface area contributed by atoms with E-state index in [1.165, 1.54) is 0 Å². The fourth-order valence-electron chi connectivity index (χ4n) is 1.63. The summed E-state index contributed by atoms with van der Waals surface area (Å²) in [6.07, 6.45) is 0. The molecule has 0 heterocycles. The highest BCUT2D eigenvalue weighted by Crippen LogP contribution is 2.35. The van der Waals surface area contributed by atoms with Crippen LogP contribution in [0, 0.1) is 29.1 Å². The summed E-state index contributed by atoms with van der Waals surface area (Å²) in [6.45, 7) is 0.